The van der Waals surface area contributed by atoms with Crippen LogP contribution >= 0.6 is 23.2 Å². The molecule has 0 atom stereocenters. The van der Waals surface area contributed by atoms with Gasteiger partial charge in [0.1, 0.15) is 5.52 Å². The van der Waals surface area contributed by atoms with Crippen LogP contribution in [0.25, 0.3) is 27.8 Å². The Kier molecular flexibility index (Phi) is 4.30. The van der Waals surface area contributed by atoms with Crippen molar-refractivity contribution >= 4 is 39.9 Å². The number of benzene rings is 2. The topological polar surface area (TPSA) is 65.1 Å². The Balaban J connectivity index is 1.64. The molecule has 0 bridgehead atoms. The van der Waals surface area contributed by atoms with E-state index in [1.165, 1.54) is 0 Å². The average molecular weight is 422 g/mol. The van der Waals surface area contributed by atoms with E-state index in [1.807, 2.05) is 48.5 Å². The molecule has 3 heterocycles. The van der Waals surface area contributed by atoms with Crippen LogP contribution in [0.5, 0.6) is 0 Å². The Morgan fingerprint density at radius 1 is 0.931 bits per heavy atom. The number of nitrogens with zero attached hydrogens (tertiary/aromatic N) is 5. The minimum Gasteiger partial charge on any atom is -0.309 e. The molecule has 0 fully saturated rings. The molecule has 0 spiro atoms. The van der Waals surface area contributed by atoms with Crippen molar-refractivity contribution in [1.29, 1.82) is 0 Å². The van der Waals surface area contributed by atoms with E-state index in [-0.39, 0.29) is 11.1 Å². The fraction of sp³-hybridized carbons (Fsp3) is 0.0476. The SMILES string of the molecule is O=c1c2nnc3c(-c4ccc(Cl)cc4)cnn3c2ccn1Cc1ccccc1Cl. The van der Waals surface area contributed by atoms with Crippen molar-refractivity contribution in [2.75, 3.05) is 0 Å². The molecule has 0 aliphatic carbocycles. The van der Waals surface area contributed by atoms with E-state index in [2.05, 4.69) is 15.3 Å². The summed E-state index contributed by atoms with van der Waals surface area (Å²) in [6.07, 6.45) is 3.43. The molecule has 0 aliphatic rings. The molecule has 0 N–H and O–H groups in total. The monoisotopic (exact) mass is 421 g/mol. The molecule has 0 saturated heterocycles. The van der Waals surface area contributed by atoms with Crippen molar-refractivity contribution in [3.05, 3.63) is 93.0 Å². The van der Waals surface area contributed by atoms with Gasteiger partial charge >= 0.3 is 0 Å². The standard InChI is InChI=1S/C21H13Cl2N5O/c22-15-7-5-13(6-8-15)16-11-24-28-18-9-10-27(12-14-3-1-2-4-17(14)23)21(29)19(18)25-26-20(16)28/h1-11H,12H2. The molecule has 29 heavy (non-hydrogen) atoms. The van der Waals surface area contributed by atoms with Gasteiger partial charge in [0, 0.05) is 21.8 Å². The zero-order valence-corrected chi connectivity index (χ0v) is 16.5. The largest absolute Gasteiger partial charge is 0.309 e. The highest BCUT2D eigenvalue weighted by Crippen LogP contribution is 2.25. The summed E-state index contributed by atoms with van der Waals surface area (Å²) in [4.78, 5) is 13.0. The zero-order chi connectivity index (χ0) is 20.0. The van der Waals surface area contributed by atoms with Crippen molar-refractivity contribution in [3.8, 4) is 11.1 Å². The Bertz CT molecular complexity index is 1420. The minimum absolute atomic E-state index is 0.248. The lowest BCUT2D eigenvalue weighted by atomic mass is 10.1. The first kappa shape index (κ1) is 17.8. The fourth-order valence-corrected chi connectivity index (χ4v) is 3.62. The summed E-state index contributed by atoms with van der Waals surface area (Å²) in [6.45, 7) is 0.350. The maximum atomic E-state index is 13.0. The van der Waals surface area contributed by atoms with E-state index in [9.17, 15) is 4.79 Å². The lowest BCUT2D eigenvalue weighted by Crippen LogP contribution is -2.22. The van der Waals surface area contributed by atoms with Crippen LogP contribution in [0.4, 0.5) is 0 Å². The number of rotatable bonds is 3. The van der Waals surface area contributed by atoms with Crippen molar-refractivity contribution in [2.24, 2.45) is 0 Å². The van der Waals surface area contributed by atoms with E-state index >= 15 is 0 Å². The molecule has 0 saturated carbocycles. The second kappa shape index (κ2) is 6.99. The van der Waals surface area contributed by atoms with Crippen molar-refractivity contribution in [1.82, 2.24) is 24.4 Å². The maximum Gasteiger partial charge on any atom is 0.280 e. The van der Waals surface area contributed by atoms with Crippen LogP contribution in [0.2, 0.25) is 10.0 Å². The minimum atomic E-state index is -0.250. The Morgan fingerprint density at radius 2 is 1.72 bits per heavy atom. The van der Waals surface area contributed by atoms with Crippen LogP contribution in [0.15, 0.2) is 71.8 Å². The van der Waals surface area contributed by atoms with Gasteiger partial charge < -0.3 is 4.57 Å². The van der Waals surface area contributed by atoms with E-state index in [1.54, 1.807) is 27.5 Å². The summed E-state index contributed by atoms with van der Waals surface area (Å²) in [5.74, 6) is 0. The molecule has 8 heteroatoms. The van der Waals surface area contributed by atoms with Crippen LogP contribution in [-0.4, -0.2) is 24.4 Å². The van der Waals surface area contributed by atoms with E-state index in [4.69, 9.17) is 23.2 Å². The van der Waals surface area contributed by atoms with Crippen molar-refractivity contribution in [2.45, 2.75) is 6.54 Å². The second-order valence-electron chi connectivity index (χ2n) is 6.57. The van der Waals surface area contributed by atoms with Crippen molar-refractivity contribution in [3.63, 3.8) is 0 Å². The van der Waals surface area contributed by atoms with Crippen molar-refractivity contribution < 1.29 is 0 Å². The number of hydrogen-bond acceptors (Lipinski definition) is 4. The third kappa shape index (κ3) is 3.06. The molecule has 6 nitrogen and oxygen atoms in total. The molecule has 3 aromatic heterocycles. The first-order valence-corrected chi connectivity index (χ1v) is 9.60. The van der Waals surface area contributed by atoms with Crippen LogP contribution in [0.3, 0.4) is 0 Å². The van der Waals surface area contributed by atoms with Gasteiger partial charge in [-0.25, -0.2) is 4.52 Å². The molecular weight excluding hydrogens is 409 g/mol. The molecule has 0 amide bonds. The predicted molar refractivity (Wildman–Crippen MR) is 114 cm³/mol. The van der Waals surface area contributed by atoms with Crippen LogP contribution in [0.1, 0.15) is 5.56 Å². The first-order chi connectivity index (χ1) is 14.1. The first-order valence-electron chi connectivity index (χ1n) is 8.85. The highest BCUT2D eigenvalue weighted by molar-refractivity contribution is 6.31. The molecule has 0 aliphatic heterocycles. The van der Waals surface area contributed by atoms with E-state index in [0.717, 1.165) is 16.7 Å². The Labute approximate surface area is 175 Å². The summed E-state index contributed by atoms with van der Waals surface area (Å²) >= 11 is 12.2. The normalized spacial score (nSPS) is 11.4. The van der Waals surface area contributed by atoms with Gasteiger partial charge in [-0.05, 0) is 35.4 Å². The van der Waals surface area contributed by atoms with Crippen LogP contribution in [0, 0.1) is 0 Å². The van der Waals surface area contributed by atoms with Crippen LogP contribution < -0.4 is 5.56 Å². The van der Waals surface area contributed by atoms with E-state index < -0.39 is 0 Å². The number of aromatic nitrogens is 5. The van der Waals surface area contributed by atoms with Gasteiger partial charge in [0.2, 0.25) is 0 Å². The third-order valence-corrected chi connectivity index (χ3v) is 5.41. The van der Waals surface area contributed by atoms with Gasteiger partial charge in [-0.15, -0.1) is 10.2 Å². The molecule has 2 aromatic carbocycles. The smallest absolute Gasteiger partial charge is 0.280 e. The number of halogens is 2. The molecule has 5 aromatic rings. The maximum absolute atomic E-state index is 13.0. The average Bonchev–Trinajstić information content (AvgIpc) is 3.16. The Hall–Kier alpha value is -3.22. The lowest BCUT2D eigenvalue weighted by molar-refractivity contribution is 0.760. The van der Waals surface area contributed by atoms with Gasteiger partial charge in [0.05, 0.1) is 12.7 Å². The van der Waals surface area contributed by atoms with Crippen LogP contribution in [-0.2, 0) is 6.54 Å². The zero-order valence-electron chi connectivity index (χ0n) is 15.0. The summed E-state index contributed by atoms with van der Waals surface area (Å²) in [6, 6.07) is 16.7. The quantitative estimate of drug-likeness (QED) is 0.431. The summed E-state index contributed by atoms with van der Waals surface area (Å²) in [5.41, 5.74) is 3.76. The number of hydrogen-bond donors (Lipinski definition) is 0. The molecule has 142 valence electrons. The molecule has 0 unspecified atom stereocenters. The molecule has 0 radical (unpaired) electrons. The second-order valence-corrected chi connectivity index (χ2v) is 7.42. The highest BCUT2D eigenvalue weighted by Gasteiger charge is 2.14. The van der Waals surface area contributed by atoms with E-state index in [0.29, 0.717) is 27.8 Å². The van der Waals surface area contributed by atoms with Gasteiger partial charge in [-0.2, -0.15) is 5.10 Å². The molecular formula is C21H13Cl2N5O. The highest BCUT2D eigenvalue weighted by atomic mass is 35.5. The van der Waals surface area contributed by atoms with Gasteiger partial charge in [0.15, 0.2) is 11.2 Å². The number of pyridine rings is 1. The summed E-state index contributed by atoms with van der Waals surface area (Å²) in [5, 5.41) is 14.2. The summed E-state index contributed by atoms with van der Waals surface area (Å²) in [7, 11) is 0. The summed E-state index contributed by atoms with van der Waals surface area (Å²) < 4.78 is 3.20. The van der Waals surface area contributed by atoms with Gasteiger partial charge in [-0.3, -0.25) is 4.79 Å². The number of fused-ring (bicyclic) bond motifs is 3. The third-order valence-electron chi connectivity index (χ3n) is 4.79. The molecule has 5 rings (SSSR count). The van der Waals surface area contributed by atoms with Gasteiger partial charge in [0.25, 0.3) is 5.56 Å². The fourth-order valence-electron chi connectivity index (χ4n) is 3.30. The predicted octanol–water partition coefficient (Wildman–Crippen LogP) is 4.46. The Morgan fingerprint density at radius 3 is 2.52 bits per heavy atom. The van der Waals surface area contributed by atoms with Gasteiger partial charge in [-0.1, -0.05) is 53.5 Å². The lowest BCUT2D eigenvalue weighted by Gasteiger charge is -2.09.